The van der Waals surface area contributed by atoms with Crippen molar-refractivity contribution in [3.05, 3.63) is 29.8 Å². The Morgan fingerprint density at radius 2 is 1.55 bits per heavy atom. The monoisotopic (exact) mass is 324 g/mol. The van der Waals surface area contributed by atoms with Crippen molar-refractivity contribution in [1.82, 2.24) is 9.62 Å². The molecule has 0 radical (unpaired) electrons. The van der Waals surface area contributed by atoms with E-state index in [1.165, 1.54) is 4.31 Å². The minimum atomic E-state index is -3.80. The van der Waals surface area contributed by atoms with Crippen LogP contribution in [0.2, 0.25) is 0 Å². The number of hydrogen-bond donors (Lipinski definition) is 1. The van der Waals surface area contributed by atoms with Crippen LogP contribution >= 0.6 is 12.4 Å². The van der Waals surface area contributed by atoms with Crippen LogP contribution in [0.5, 0.6) is 0 Å². The number of hydrogen-bond acceptors (Lipinski definition) is 3. The molecule has 2 aliphatic heterocycles. The molecule has 2 fully saturated rings. The molecule has 3 rings (SSSR count). The summed E-state index contributed by atoms with van der Waals surface area (Å²) in [4.78, 5) is -0.307. The van der Waals surface area contributed by atoms with Crippen LogP contribution in [-0.4, -0.2) is 38.9 Å². The molecule has 0 spiro atoms. The van der Waals surface area contributed by atoms with Gasteiger partial charge in [0.25, 0.3) is 0 Å². The third-order valence-corrected chi connectivity index (χ3v) is 5.64. The minimum Gasteiger partial charge on any atom is -0.316 e. The van der Waals surface area contributed by atoms with Crippen molar-refractivity contribution in [1.29, 1.82) is 0 Å². The molecule has 0 amide bonds. The Morgan fingerprint density at radius 1 is 1.05 bits per heavy atom. The number of benzene rings is 1. The highest BCUT2D eigenvalue weighted by molar-refractivity contribution is 7.89. The van der Waals surface area contributed by atoms with Crippen molar-refractivity contribution in [2.45, 2.75) is 4.90 Å². The Bertz CT molecular complexity index is 579. The molecule has 0 aliphatic carbocycles. The van der Waals surface area contributed by atoms with E-state index in [0.717, 1.165) is 25.2 Å². The second kappa shape index (κ2) is 5.55. The number of nitrogens with one attached hydrogen (secondary N) is 1. The maximum Gasteiger partial charge on any atom is 0.243 e. The van der Waals surface area contributed by atoms with Gasteiger partial charge in [-0.05, 0) is 37.1 Å². The molecule has 20 heavy (non-hydrogen) atoms. The molecule has 0 bridgehead atoms. The molecule has 1 aromatic carbocycles. The molecular weight excluding hydrogens is 310 g/mol. The van der Waals surface area contributed by atoms with E-state index in [-0.39, 0.29) is 17.3 Å². The van der Waals surface area contributed by atoms with E-state index in [0.29, 0.717) is 31.0 Å². The van der Waals surface area contributed by atoms with Crippen molar-refractivity contribution in [3.8, 4) is 0 Å². The lowest BCUT2D eigenvalue weighted by atomic mass is 10.0. The van der Waals surface area contributed by atoms with Crippen LogP contribution in [0.25, 0.3) is 0 Å². The van der Waals surface area contributed by atoms with Crippen LogP contribution in [0.3, 0.4) is 0 Å². The summed E-state index contributed by atoms with van der Waals surface area (Å²) in [5.41, 5.74) is 0. The molecular formula is C12H15ClF2N2O2S. The summed E-state index contributed by atoms with van der Waals surface area (Å²) in [5, 5.41) is 3.21. The zero-order valence-corrected chi connectivity index (χ0v) is 12.2. The zero-order valence-electron chi connectivity index (χ0n) is 10.6. The molecule has 2 aliphatic rings. The van der Waals surface area contributed by atoms with Gasteiger partial charge in [-0.25, -0.2) is 17.2 Å². The highest BCUT2D eigenvalue weighted by atomic mass is 35.5. The Kier molecular flexibility index (Phi) is 4.34. The van der Waals surface area contributed by atoms with Gasteiger partial charge in [0.1, 0.15) is 11.6 Å². The lowest BCUT2D eigenvalue weighted by Gasteiger charge is -2.17. The van der Waals surface area contributed by atoms with Crippen LogP contribution in [0.4, 0.5) is 8.78 Å². The first kappa shape index (κ1) is 15.6. The predicted octanol–water partition coefficient (Wildman–Crippen LogP) is 1.23. The Balaban J connectivity index is 0.00000147. The van der Waals surface area contributed by atoms with Gasteiger partial charge in [0.2, 0.25) is 10.0 Å². The third-order valence-electron chi connectivity index (χ3n) is 3.83. The maximum absolute atomic E-state index is 13.1. The lowest BCUT2D eigenvalue weighted by molar-refractivity contribution is 0.446. The molecule has 2 atom stereocenters. The van der Waals surface area contributed by atoms with Crippen LogP contribution < -0.4 is 5.32 Å². The average molecular weight is 325 g/mol. The van der Waals surface area contributed by atoms with Gasteiger partial charge in [-0.1, -0.05) is 0 Å². The molecule has 8 heteroatoms. The molecule has 4 nitrogen and oxygen atoms in total. The number of rotatable bonds is 2. The highest BCUT2D eigenvalue weighted by Gasteiger charge is 2.41. The van der Waals surface area contributed by atoms with Crippen molar-refractivity contribution in [2.75, 3.05) is 26.2 Å². The van der Waals surface area contributed by atoms with E-state index in [2.05, 4.69) is 5.32 Å². The fourth-order valence-corrected chi connectivity index (χ4v) is 4.43. The van der Waals surface area contributed by atoms with E-state index in [4.69, 9.17) is 0 Å². The van der Waals surface area contributed by atoms with E-state index >= 15 is 0 Å². The number of fused-ring (bicyclic) bond motifs is 1. The van der Waals surface area contributed by atoms with E-state index in [9.17, 15) is 17.2 Å². The van der Waals surface area contributed by atoms with Gasteiger partial charge < -0.3 is 5.32 Å². The fraction of sp³-hybridized carbons (Fsp3) is 0.500. The van der Waals surface area contributed by atoms with Gasteiger partial charge in [0, 0.05) is 19.2 Å². The summed E-state index contributed by atoms with van der Waals surface area (Å²) < 4.78 is 52.3. The molecule has 1 N–H and O–H groups in total. The standard InChI is InChI=1S/C12H14F2N2O2S.ClH/c13-10-1-11(14)3-12(2-10)19(17,18)16-6-8-4-15-5-9(8)7-16;/h1-3,8-9,15H,4-7H2;1H/t8-,9+;. The van der Waals surface area contributed by atoms with Gasteiger partial charge in [0.15, 0.2) is 0 Å². The smallest absolute Gasteiger partial charge is 0.243 e. The second-order valence-corrected chi connectivity index (χ2v) is 7.04. The van der Waals surface area contributed by atoms with Crippen LogP contribution in [0.1, 0.15) is 0 Å². The molecule has 1 aromatic rings. The summed E-state index contributed by atoms with van der Waals surface area (Å²) in [7, 11) is -3.80. The molecule has 0 unspecified atom stereocenters. The Hall–Kier alpha value is -0.760. The highest BCUT2D eigenvalue weighted by Crippen LogP contribution is 2.31. The van der Waals surface area contributed by atoms with Crippen LogP contribution in [0, 0.1) is 23.5 Å². The maximum atomic E-state index is 13.1. The zero-order chi connectivity index (χ0) is 13.6. The van der Waals surface area contributed by atoms with E-state index < -0.39 is 21.7 Å². The average Bonchev–Trinajstić information content (AvgIpc) is 2.87. The van der Waals surface area contributed by atoms with Gasteiger partial charge in [0.05, 0.1) is 4.90 Å². The lowest BCUT2D eigenvalue weighted by Crippen LogP contribution is -2.32. The summed E-state index contributed by atoms with van der Waals surface area (Å²) >= 11 is 0. The van der Waals surface area contributed by atoms with Gasteiger partial charge in [-0.15, -0.1) is 12.4 Å². The SMILES string of the molecule is Cl.O=S(=O)(c1cc(F)cc(F)c1)N1C[C@H]2CNC[C@H]2C1. The molecule has 2 heterocycles. The predicted molar refractivity (Wildman–Crippen MR) is 72.2 cm³/mol. The van der Waals surface area contributed by atoms with Crippen molar-refractivity contribution < 1.29 is 17.2 Å². The molecule has 0 aromatic heterocycles. The van der Waals surface area contributed by atoms with Gasteiger partial charge >= 0.3 is 0 Å². The number of nitrogens with zero attached hydrogens (tertiary/aromatic N) is 1. The van der Waals surface area contributed by atoms with E-state index in [1.54, 1.807) is 0 Å². The van der Waals surface area contributed by atoms with Crippen molar-refractivity contribution in [3.63, 3.8) is 0 Å². The van der Waals surface area contributed by atoms with Crippen LogP contribution in [-0.2, 0) is 10.0 Å². The number of sulfonamides is 1. The molecule has 112 valence electrons. The quantitative estimate of drug-likeness (QED) is 0.890. The Labute approximate surface area is 122 Å². The first-order valence-corrected chi connectivity index (χ1v) is 7.58. The second-order valence-electron chi connectivity index (χ2n) is 5.11. The first-order valence-electron chi connectivity index (χ1n) is 6.14. The third kappa shape index (κ3) is 2.67. The minimum absolute atomic E-state index is 0. The normalized spacial score (nSPS) is 26.3. The number of halogens is 3. The van der Waals surface area contributed by atoms with Gasteiger partial charge in [-0.3, -0.25) is 0 Å². The summed E-state index contributed by atoms with van der Waals surface area (Å²) in [6.45, 7) is 2.43. The topological polar surface area (TPSA) is 49.4 Å². The van der Waals surface area contributed by atoms with Crippen molar-refractivity contribution >= 4 is 22.4 Å². The van der Waals surface area contributed by atoms with Crippen LogP contribution in [0.15, 0.2) is 23.1 Å². The first-order chi connectivity index (χ1) is 8.96. The largest absolute Gasteiger partial charge is 0.316 e. The van der Waals surface area contributed by atoms with Crippen molar-refractivity contribution in [2.24, 2.45) is 11.8 Å². The van der Waals surface area contributed by atoms with Gasteiger partial charge in [-0.2, -0.15) is 4.31 Å². The Morgan fingerprint density at radius 3 is 2.05 bits per heavy atom. The molecule has 0 saturated carbocycles. The summed E-state index contributed by atoms with van der Waals surface area (Å²) in [6, 6.07) is 2.40. The summed E-state index contributed by atoms with van der Waals surface area (Å²) in [6.07, 6.45) is 0. The molecule has 2 saturated heterocycles. The van der Waals surface area contributed by atoms with E-state index in [1.807, 2.05) is 0 Å². The fourth-order valence-electron chi connectivity index (χ4n) is 2.84. The summed E-state index contributed by atoms with van der Waals surface area (Å²) in [5.74, 6) is -1.15.